The monoisotopic (exact) mass is 426 g/mol. The van der Waals surface area contributed by atoms with E-state index in [1.165, 1.54) is 48.5 Å². The molecule has 32 heavy (non-hydrogen) atoms. The Labute approximate surface area is 183 Å². The van der Waals surface area contributed by atoms with Gasteiger partial charge in [0, 0.05) is 0 Å². The number of rotatable bonds is 5. The summed E-state index contributed by atoms with van der Waals surface area (Å²) >= 11 is 0. The standard InChI is InChI=1S/C26H18O6/c27-21-9-1-19(2-10-21)25(29)31-23-13-5-17(6-14-23)18-7-15-24(16-8-18)32-26(30)20-3-11-22(28)12-4-20/h1-16,27-28H. The Morgan fingerprint density at radius 1 is 0.469 bits per heavy atom. The molecule has 0 unspecified atom stereocenters. The smallest absolute Gasteiger partial charge is 0.343 e. The third-order valence-corrected chi connectivity index (χ3v) is 4.67. The molecule has 0 bridgehead atoms. The van der Waals surface area contributed by atoms with Crippen LogP contribution in [0.15, 0.2) is 97.1 Å². The van der Waals surface area contributed by atoms with Crippen LogP contribution in [0.25, 0.3) is 11.1 Å². The molecule has 4 aromatic rings. The lowest BCUT2D eigenvalue weighted by Gasteiger charge is -2.08. The van der Waals surface area contributed by atoms with E-state index in [0.717, 1.165) is 11.1 Å². The minimum absolute atomic E-state index is 0.0760. The van der Waals surface area contributed by atoms with Crippen LogP contribution in [0.5, 0.6) is 23.0 Å². The van der Waals surface area contributed by atoms with Gasteiger partial charge < -0.3 is 19.7 Å². The van der Waals surface area contributed by atoms with Crippen LogP contribution in [0.4, 0.5) is 0 Å². The van der Waals surface area contributed by atoms with Crippen molar-refractivity contribution in [2.75, 3.05) is 0 Å². The molecule has 0 heterocycles. The van der Waals surface area contributed by atoms with Crippen molar-refractivity contribution in [1.29, 1.82) is 0 Å². The third kappa shape index (κ3) is 4.94. The summed E-state index contributed by atoms with van der Waals surface area (Å²) in [5.74, 6) is -0.0910. The molecule has 0 aromatic heterocycles. The van der Waals surface area contributed by atoms with Gasteiger partial charge in [-0.1, -0.05) is 24.3 Å². The number of phenols is 2. The van der Waals surface area contributed by atoms with E-state index in [1.807, 2.05) is 24.3 Å². The van der Waals surface area contributed by atoms with Crippen molar-refractivity contribution in [3.8, 4) is 34.1 Å². The summed E-state index contributed by atoms with van der Waals surface area (Å²) in [5, 5.41) is 18.6. The van der Waals surface area contributed by atoms with Gasteiger partial charge in [0.05, 0.1) is 11.1 Å². The lowest BCUT2D eigenvalue weighted by molar-refractivity contribution is 0.0725. The lowest BCUT2D eigenvalue weighted by Crippen LogP contribution is -2.08. The van der Waals surface area contributed by atoms with Gasteiger partial charge in [0.15, 0.2) is 0 Å². The van der Waals surface area contributed by atoms with Crippen LogP contribution in [-0.4, -0.2) is 22.2 Å². The number of phenolic OH excluding ortho intramolecular Hbond substituents is 2. The van der Waals surface area contributed by atoms with E-state index >= 15 is 0 Å². The lowest BCUT2D eigenvalue weighted by atomic mass is 10.1. The predicted molar refractivity (Wildman–Crippen MR) is 118 cm³/mol. The van der Waals surface area contributed by atoms with E-state index in [2.05, 4.69) is 0 Å². The van der Waals surface area contributed by atoms with Crippen LogP contribution in [0.1, 0.15) is 20.7 Å². The summed E-state index contributed by atoms with van der Waals surface area (Å²) in [5.41, 5.74) is 2.46. The fourth-order valence-corrected chi connectivity index (χ4v) is 2.96. The van der Waals surface area contributed by atoms with Gasteiger partial charge in [-0.05, 0) is 83.9 Å². The minimum atomic E-state index is -0.516. The first-order valence-electron chi connectivity index (χ1n) is 9.71. The fraction of sp³-hybridized carbons (Fsp3) is 0. The summed E-state index contributed by atoms with van der Waals surface area (Å²) < 4.78 is 10.7. The highest BCUT2D eigenvalue weighted by Gasteiger charge is 2.10. The molecular formula is C26H18O6. The molecule has 0 aliphatic carbocycles. The molecule has 0 spiro atoms. The molecular weight excluding hydrogens is 408 g/mol. The zero-order valence-electron chi connectivity index (χ0n) is 16.8. The molecule has 2 N–H and O–H groups in total. The second-order valence-electron chi connectivity index (χ2n) is 6.92. The van der Waals surface area contributed by atoms with Crippen LogP contribution in [0.3, 0.4) is 0 Å². The Kier molecular flexibility index (Phi) is 5.85. The maximum atomic E-state index is 12.2. The first-order chi connectivity index (χ1) is 15.5. The van der Waals surface area contributed by atoms with E-state index in [0.29, 0.717) is 22.6 Å². The zero-order valence-corrected chi connectivity index (χ0v) is 16.8. The van der Waals surface area contributed by atoms with Crippen molar-refractivity contribution < 1.29 is 29.3 Å². The molecule has 0 saturated carbocycles. The second kappa shape index (κ2) is 9.06. The Balaban J connectivity index is 1.39. The average Bonchev–Trinajstić information content (AvgIpc) is 2.81. The summed E-state index contributed by atoms with van der Waals surface area (Å²) in [7, 11) is 0. The van der Waals surface area contributed by atoms with Gasteiger partial charge in [0.2, 0.25) is 0 Å². The molecule has 0 atom stereocenters. The topological polar surface area (TPSA) is 93.1 Å². The van der Waals surface area contributed by atoms with E-state index in [-0.39, 0.29) is 11.5 Å². The highest BCUT2D eigenvalue weighted by Crippen LogP contribution is 2.25. The quantitative estimate of drug-likeness (QED) is 0.336. The van der Waals surface area contributed by atoms with Gasteiger partial charge in [-0.3, -0.25) is 0 Å². The number of hydrogen-bond acceptors (Lipinski definition) is 6. The first-order valence-corrected chi connectivity index (χ1v) is 9.71. The molecule has 4 aromatic carbocycles. The molecule has 4 rings (SSSR count). The summed E-state index contributed by atoms with van der Waals surface area (Å²) in [6.07, 6.45) is 0. The highest BCUT2D eigenvalue weighted by atomic mass is 16.5. The highest BCUT2D eigenvalue weighted by molar-refractivity contribution is 5.91. The zero-order chi connectivity index (χ0) is 22.5. The Morgan fingerprint density at radius 2 is 0.781 bits per heavy atom. The number of ether oxygens (including phenoxy) is 2. The van der Waals surface area contributed by atoms with Crippen LogP contribution in [0, 0.1) is 0 Å². The Bertz CT molecular complexity index is 1120. The maximum absolute atomic E-state index is 12.2. The largest absolute Gasteiger partial charge is 0.508 e. The normalized spacial score (nSPS) is 10.4. The number of hydrogen-bond donors (Lipinski definition) is 2. The molecule has 0 radical (unpaired) electrons. The number of carbonyl (C=O) groups is 2. The van der Waals surface area contributed by atoms with Crippen LogP contribution in [0.2, 0.25) is 0 Å². The van der Waals surface area contributed by atoms with E-state index in [1.54, 1.807) is 24.3 Å². The number of benzene rings is 4. The van der Waals surface area contributed by atoms with Crippen LogP contribution >= 0.6 is 0 Å². The minimum Gasteiger partial charge on any atom is -0.508 e. The van der Waals surface area contributed by atoms with Crippen LogP contribution in [-0.2, 0) is 0 Å². The Hall–Kier alpha value is -4.58. The molecule has 0 amide bonds. The van der Waals surface area contributed by atoms with Gasteiger partial charge in [0.25, 0.3) is 0 Å². The van der Waals surface area contributed by atoms with Crippen molar-refractivity contribution in [2.24, 2.45) is 0 Å². The average molecular weight is 426 g/mol. The Morgan fingerprint density at radius 3 is 1.09 bits per heavy atom. The van der Waals surface area contributed by atoms with E-state index < -0.39 is 11.9 Å². The summed E-state index contributed by atoms with van der Waals surface area (Å²) in [6, 6.07) is 25.7. The maximum Gasteiger partial charge on any atom is 0.343 e. The number of aromatic hydroxyl groups is 2. The van der Waals surface area contributed by atoms with Gasteiger partial charge in [0.1, 0.15) is 23.0 Å². The SMILES string of the molecule is O=C(Oc1ccc(-c2ccc(OC(=O)c3ccc(O)cc3)cc2)cc1)c1ccc(O)cc1. The van der Waals surface area contributed by atoms with Crippen molar-refractivity contribution in [1.82, 2.24) is 0 Å². The van der Waals surface area contributed by atoms with Gasteiger partial charge >= 0.3 is 11.9 Å². The fourth-order valence-electron chi connectivity index (χ4n) is 2.96. The van der Waals surface area contributed by atoms with Crippen molar-refractivity contribution in [3.05, 3.63) is 108 Å². The third-order valence-electron chi connectivity index (χ3n) is 4.67. The first kappa shape index (κ1) is 20.7. The predicted octanol–water partition coefficient (Wildman–Crippen LogP) is 5.20. The van der Waals surface area contributed by atoms with Gasteiger partial charge in [-0.15, -0.1) is 0 Å². The van der Waals surface area contributed by atoms with Gasteiger partial charge in [-0.25, -0.2) is 9.59 Å². The summed E-state index contributed by atoms with van der Waals surface area (Å²) in [4.78, 5) is 24.3. The number of esters is 2. The van der Waals surface area contributed by atoms with E-state index in [9.17, 15) is 19.8 Å². The van der Waals surface area contributed by atoms with Crippen molar-refractivity contribution in [3.63, 3.8) is 0 Å². The molecule has 158 valence electrons. The second-order valence-corrected chi connectivity index (χ2v) is 6.92. The molecule has 6 nitrogen and oxygen atoms in total. The van der Waals surface area contributed by atoms with E-state index in [4.69, 9.17) is 9.47 Å². The van der Waals surface area contributed by atoms with Crippen LogP contribution < -0.4 is 9.47 Å². The number of carbonyl (C=O) groups excluding carboxylic acids is 2. The van der Waals surface area contributed by atoms with Crippen molar-refractivity contribution >= 4 is 11.9 Å². The molecule has 0 fully saturated rings. The molecule has 0 saturated heterocycles. The molecule has 0 aliphatic heterocycles. The van der Waals surface area contributed by atoms with Crippen molar-refractivity contribution in [2.45, 2.75) is 0 Å². The summed E-state index contributed by atoms with van der Waals surface area (Å²) in [6.45, 7) is 0. The molecule has 0 aliphatic rings. The van der Waals surface area contributed by atoms with Gasteiger partial charge in [-0.2, -0.15) is 0 Å². The molecule has 6 heteroatoms.